The monoisotopic (exact) mass is 966 g/mol. The number of allylic oxidation sites excluding steroid dienone is 2. The predicted molar refractivity (Wildman–Crippen MR) is 293 cm³/mol. The summed E-state index contributed by atoms with van der Waals surface area (Å²) < 4.78 is 0. The molecule has 4 amide bonds. The Kier molecular flexibility index (Phi) is 42.5. The molecule has 0 aromatic heterocycles. The van der Waals surface area contributed by atoms with Crippen molar-refractivity contribution in [3.8, 4) is 0 Å². The van der Waals surface area contributed by atoms with Crippen LogP contribution in [0.2, 0.25) is 0 Å². The fourth-order valence-electron chi connectivity index (χ4n) is 10.1. The van der Waals surface area contributed by atoms with Crippen LogP contribution in [0.5, 0.6) is 0 Å². The Balaban J connectivity index is 1.33. The normalized spacial score (nSPS) is 16.6. The van der Waals surface area contributed by atoms with Gasteiger partial charge in [-0.25, -0.2) is 0 Å². The fourth-order valence-corrected chi connectivity index (χ4v) is 10.1. The lowest BCUT2D eigenvalue weighted by Crippen LogP contribution is -2.40. The Morgan fingerprint density at radius 2 is 0.580 bits per heavy atom. The second kappa shape index (κ2) is 46.7. The van der Waals surface area contributed by atoms with E-state index in [4.69, 9.17) is 0 Å². The van der Waals surface area contributed by atoms with E-state index in [-0.39, 0.29) is 35.5 Å². The van der Waals surface area contributed by atoms with Crippen molar-refractivity contribution in [1.82, 2.24) is 25.8 Å². The molecule has 0 saturated carbocycles. The highest BCUT2D eigenvalue weighted by Gasteiger charge is 2.37. The molecule has 69 heavy (non-hydrogen) atoms. The summed E-state index contributed by atoms with van der Waals surface area (Å²) >= 11 is 0. The van der Waals surface area contributed by atoms with Gasteiger partial charge in [0, 0.05) is 65.2 Å². The van der Waals surface area contributed by atoms with Crippen LogP contribution in [0.4, 0.5) is 0 Å². The van der Waals surface area contributed by atoms with Crippen molar-refractivity contribution in [2.24, 2.45) is 11.8 Å². The number of imide groups is 2. The van der Waals surface area contributed by atoms with Gasteiger partial charge < -0.3 is 16.0 Å². The molecule has 2 atom stereocenters. The first kappa shape index (κ1) is 62.8. The number of hydrogen-bond acceptors (Lipinski definition) is 7. The third kappa shape index (κ3) is 34.6. The van der Waals surface area contributed by atoms with Crippen LogP contribution in [0.3, 0.4) is 0 Å². The Hall–Kier alpha value is -2.36. The Labute approximate surface area is 426 Å². The standard InChI is InChI=1S/C60H111N5O4/c1-3-5-7-9-11-13-15-17-19-21-23-24-25-26-28-30-32-34-36-38-40-42-44-56-54-58(67)65(60(56)69)52-50-63-48-46-61-45-47-62-49-51-64-57(66)53-55(59(64)68)43-41-39-37-35-33-31-29-27-22-20-18-16-14-12-10-8-6-4-2/h41-44,55-56,61-63H,3-40,45-54H2,1-2H3. The quantitative estimate of drug-likeness (QED) is 0.0316. The van der Waals surface area contributed by atoms with E-state index < -0.39 is 0 Å². The number of nitrogens with one attached hydrogen (secondary N) is 3. The number of likely N-dealkylation sites (tertiary alicyclic amines) is 2. The van der Waals surface area contributed by atoms with E-state index in [1.165, 1.54) is 228 Å². The second-order valence-corrected chi connectivity index (χ2v) is 21.1. The minimum Gasteiger partial charge on any atom is -0.314 e. The number of hydrogen-bond donors (Lipinski definition) is 3. The molecule has 0 aromatic rings. The van der Waals surface area contributed by atoms with Crippen molar-refractivity contribution >= 4 is 23.6 Å². The molecule has 0 spiro atoms. The SMILES string of the molecule is CCCCCCCCCCCCCCCCCCC=CC1CC(=O)N(CCNCCNCCNCCN2C(=O)CC(C=CCCCCCCCCCCCCCCCCCCCCCC)C2=O)C1=O. The number of nitrogens with zero attached hydrogens (tertiary/aromatic N) is 2. The molecule has 9 heteroatoms. The summed E-state index contributed by atoms with van der Waals surface area (Å²) in [6.45, 7) is 9.58. The van der Waals surface area contributed by atoms with Gasteiger partial charge in [0.1, 0.15) is 0 Å². The Bertz CT molecular complexity index is 1300. The summed E-state index contributed by atoms with van der Waals surface area (Å²) in [4.78, 5) is 53.8. The number of unbranched alkanes of at least 4 members (excludes halogenated alkanes) is 36. The Morgan fingerprint density at radius 1 is 0.348 bits per heavy atom. The van der Waals surface area contributed by atoms with Crippen molar-refractivity contribution in [2.45, 2.75) is 271 Å². The molecule has 0 radical (unpaired) electrons. The summed E-state index contributed by atoms with van der Waals surface area (Å²) in [7, 11) is 0. The molecule has 2 rings (SSSR count). The molecule has 2 aliphatic rings. The van der Waals surface area contributed by atoms with Crippen molar-refractivity contribution in [2.75, 3.05) is 52.4 Å². The molecule has 0 aromatic carbocycles. The third-order valence-corrected chi connectivity index (χ3v) is 14.7. The summed E-state index contributed by atoms with van der Waals surface area (Å²) in [6.07, 6.45) is 60.3. The highest BCUT2D eigenvalue weighted by Crippen LogP contribution is 2.23. The van der Waals surface area contributed by atoms with Gasteiger partial charge in [-0.05, 0) is 25.7 Å². The van der Waals surface area contributed by atoms with Crippen LogP contribution < -0.4 is 16.0 Å². The van der Waals surface area contributed by atoms with Gasteiger partial charge in [-0.1, -0.05) is 256 Å². The smallest absolute Gasteiger partial charge is 0.236 e. The van der Waals surface area contributed by atoms with E-state index in [0.717, 1.165) is 51.9 Å². The minimum absolute atomic E-state index is 0.0594. The molecular formula is C60H111N5O4. The number of carbonyl (C=O) groups excluding carboxylic acids is 4. The lowest BCUT2D eigenvalue weighted by atomic mass is 10.0. The topological polar surface area (TPSA) is 111 Å². The van der Waals surface area contributed by atoms with Crippen LogP contribution in [0, 0.1) is 11.8 Å². The van der Waals surface area contributed by atoms with Gasteiger partial charge in [0.25, 0.3) is 0 Å². The molecule has 400 valence electrons. The van der Waals surface area contributed by atoms with Gasteiger partial charge in [-0.15, -0.1) is 0 Å². The molecule has 2 saturated heterocycles. The van der Waals surface area contributed by atoms with E-state index in [1.807, 2.05) is 12.2 Å². The molecular weight excluding hydrogens is 855 g/mol. The fraction of sp³-hybridized carbons (Fsp3) is 0.867. The summed E-state index contributed by atoms with van der Waals surface area (Å²) in [5.41, 5.74) is 0. The average Bonchev–Trinajstić information content (AvgIpc) is 3.78. The lowest BCUT2D eigenvalue weighted by molar-refractivity contribution is -0.140. The maximum Gasteiger partial charge on any atom is 0.236 e. The highest BCUT2D eigenvalue weighted by atomic mass is 16.2. The van der Waals surface area contributed by atoms with E-state index in [0.29, 0.717) is 39.0 Å². The van der Waals surface area contributed by atoms with E-state index in [9.17, 15) is 19.2 Å². The van der Waals surface area contributed by atoms with Crippen molar-refractivity contribution in [3.05, 3.63) is 24.3 Å². The van der Waals surface area contributed by atoms with Crippen LogP contribution in [0.25, 0.3) is 0 Å². The van der Waals surface area contributed by atoms with Gasteiger partial charge in [-0.2, -0.15) is 0 Å². The first-order valence-corrected chi connectivity index (χ1v) is 30.1. The Morgan fingerprint density at radius 3 is 0.841 bits per heavy atom. The van der Waals surface area contributed by atoms with Gasteiger partial charge >= 0.3 is 0 Å². The first-order valence-electron chi connectivity index (χ1n) is 30.1. The molecule has 0 aliphatic carbocycles. The maximum atomic E-state index is 12.9. The number of amides is 4. The zero-order chi connectivity index (χ0) is 49.5. The van der Waals surface area contributed by atoms with Crippen LogP contribution >= 0.6 is 0 Å². The maximum absolute atomic E-state index is 12.9. The van der Waals surface area contributed by atoms with E-state index in [2.05, 4.69) is 41.9 Å². The second-order valence-electron chi connectivity index (χ2n) is 21.1. The molecule has 2 unspecified atom stereocenters. The zero-order valence-electron chi connectivity index (χ0n) is 45.4. The average molecular weight is 967 g/mol. The summed E-state index contributed by atoms with van der Waals surface area (Å²) in [5.74, 6) is -0.862. The third-order valence-electron chi connectivity index (χ3n) is 14.7. The van der Waals surface area contributed by atoms with E-state index >= 15 is 0 Å². The largest absolute Gasteiger partial charge is 0.314 e. The van der Waals surface area contributed by atoms with Crippen LogP contribution in [-0.2, 0) is 19.2 Å². The van der Waals surface area contributed by atoms with Crippen molar-refractivity contribution in [3.63, 3.8) is 0 Å². The van der Waals surface area contributed by atoms with Crippen LogP contribution in [0.1, 0.15) is 271 Å². The van der Waals surface area contributed by atoms with Crippen molar-refractivity contribution < 1.29 is 19.2 Å². The summed E-state index contributed by atoms with van der Waals surface area (Å²) in [6, 6.07) is 0. The molecule has 2 fully saturated rings. The van der Waals surface area contributed by atoms with Crippen LogP contribution in [0.15, 0.2) is 24.3 Å². The molecule has 3 N–H and O–H groups in total. The molecule has 2 aliphatic heterocycles. The molecule has 9 nitrogen and oxygen atoms in total. The molecule has 2 heterocycles. The van der Waals surface area contributed by atoms with Crippen LogP contribution in [-0.4, -0.2) is 85.8 Å². The van der Waals surface area contributed by atoms with Gasteiger partial charge in [0.15, 0.2) is 0 Å². The number of carbonyl (C=O) groups is 4. The van der Waals surface area contributed by atoms with Crippen molar-refractivity contribution in [1.29, 1.82) is 0 Å². The van der Waals surface area contributed by atoms with Gasteiger partial charge in [-0.3, -0.25) is 29.0 Å². The number of rotatable bonds is 52. The first-order chi connectivity index (χ1) is 34.0. The van der Waals surface area contributed by atoms with E-state index in [1.54, 1.807) is 0 Å². The van der Waals surface area contributed by atoms with Gasteiger partial charge in [0.05, 0.1) is 11.8 Å². The molecule has 0 bridgehead atoms. The van der Waals surface area contributed by atoms with Gasteiger partial charge in [0.2, 0.25) is 23.6 Å². The predicted octanol–water partition coefficient (Wildman–Crippen LogP) is 14.5. The minimum atomic E-state index is -0.305. The summed E-state index contributed by atoms with van der Waals surface area (Å²) in [5, 5.41) is 10.1. The highest BCUT2D eigenvalue weighted by molar-refractivity contribution is 6.05. The zero-order valence-corrected chi connectivity index (χ0v) is 45.4. The lowest BCUT2D eigenvalue weighted by Gasteiger charge is -2.15.